The molecule has 0 unspecified atom stereocenters. The molecule has 0 amide bonds. The third-order valence-corrected chi connectivity index (χ3v) is 3.30. The molecule has 0 spiro atoms. The van der Waals surface area contributed by atoms with Gasteiger partial charge in [-0.1, -0.05) is 23.2 Å². The fourth-order valence-corrected chi connectivity index (χ4v) is 1.84. The number of esters is 1. The smallest absolute Gasteiger partial charge is 0.346 e. The molecule has 0 saturated heterocycles. The van der Waals surface area contributed by atoms with Crippen LogP contribution in [0.3, 0.4) is 0 Å². The lowest BCUT2D eigenvalue weighted by atomic mass is 10.3. The van der Waals surface area contributed by atoms with E-state index in [1.165, 1.54) is 13.2 Å². The van der Waals surface area contributed by atoms with Gasteiger partial charge >= 0.3 is 5.97 Å². The first kappa shape index (κ1) is 13.6. The highest BCUT2D eigenvalue weighted by Crippen LogP contribution is 2.34. The molecule has 1 atom stereocenters. The lowest BCUT2D eigenvalue weighted by molar-refractivity contribution is -0.147. The first-order chi connectivity index (χ1) is 7.45. The summed E-state index contributed by atoms with van der Waals surface area (Å²) >= 11 is 15.0. The molecule has 3 nitrogen and oxygen atoms in total. The fourth-order valence-electron chi connectivity index (χ4n) is 0.999. The summed E-state index contributed by atoms with van der Waals surface area (Å²) in [5, 5.41) is 0.823. The highest BCUT2D eigenvalue weighted by Gasteiger charge is 2.17. The van der Waals surface area contributed by atoms with Crippen molar-refractivity contribution in [1.82, 2.24) is 0 Å². The van der Waals surface area contributed by atoms with E-state index in [-0.39, 0.29) is 0 Å². The van der Waals surface area contributed by atoms with Gasteiger partial charge in [-0.2, -0.15) is 0 Å². The molecule has 1 aromatic carbocycles. The standard InChI is InChI=1S/C10H9BrCl2O3/c1-5(10(14)15-2)16-9-4-7(12)6(11)3-8(9)13/h3-5H,1-2H3/t5-/m0/s1. The zero-order valence-corrected chi connectivity index (χ0v) is 11.7. The van der Waals surface area contributed by atoms with E-state index in [0.717, 1.165) is 0 Å². The molecule has 1 aromatic rings. The van der Waals surface area contributed by atoms with E-state index in [2.05, 4.69) is 20.7 Å². The van der Waals surface area contributed by atoms with Gasteiger partial charge < -0.3 is 9.47 Å². The van der Waals surface area contributed by atoms with Gasteiger partial charge in [-0.3, -0.25) is 0 Å². The van der Waals surface area contributed by atoms with Crippen LogP contribution in [0.25, 0.3) is 0 Å². The van der Waals surface area contributed by atoms with E-state index in [0.29, 0.717) is 20.3 Å². The predicted molar refractivity (Wildman–Crippen MR) is 66.3 cm³/mol. The largest absolute Gasteiger partial charge is 0.477 e. The normalized spacial score (nSPS) is 12.1. The minimum absolute atomic E-state index is 0.341. The minimum atomic E-state index is -0.736. The van der Waals surface area contributed by atoms with E-state index >= 15 is 0 Å². The summed E-state index contributed by atoms with van der Waals surface area (Å²) in [6.07, 6.45) is -0.736. The van der Waals surface area contributed by atoms with Crippen molar-refractivity contribution in [2.45, 2.75) is 13.0 Å². The Kier molecular flexibility index (Phi) is 4.89. The number of halogens is 3. The van der Waals surface area contributed by atoms with Crippen LogP contribution < -0.4 is 4.74 Å². The maximum atomic E-state index is 11.1. The molecule has 0 N–H and O–H groups in total. The summed E-state index contributed by atoms with van der Waals surface area (Å²) < 4.78 is 10.5. The molecule has 0 radical (unpaired) electrons. The molecule has 1 rings (SSSR count). The molecule has 0 saturated carbocycles. The Bertz CT molecular complexity index is 409. The van der Waals surface area contributed by atoms with Crippen molar-refractivity contribution in [3.8, 4) is 5.75 Å². The fraction of sp³-hybridized carbons (Fsp3) is 0.300. The Labute approximate surface area is 112 Å². The quantitative estimate of drug-likeness (QED) is 0.627. The van der Waals surface area contributed by atoms with Crippen LogP contribution in [-0.2, 0) is 9.53 Å². The molecule has 6 heteroatoms. The summed E-state index contributed by atoms with van der Waals surface area (Å²) in [6.45, 7) is 1.57. The topological polar surface area (TPSA) is 35.5 Å². The van der Waals surface area contributed by atoms with Crippen LogP contribution >= 0.6 is 39.1 Å². The average molecular weight is 328 g/mol. The lowest BCUT2D eigenvalue weighted by Crippen LogP contribution is -2.25. The first-order valence-corrected chi connectivity index (χ1v) is 5.89. The van der Waals surface area contributed by atoms with E-state index in [4.69, 9.17) is 27.9 Å². The van der Waals surface area contributed by atoms with E-state index in [1.54, 1.807) is 13.0 Å². The lowest BCUT2D eigenvalue weighted by Gasteiger charge is -2.14. The molecule has 0 aliphatic rings. The Morgan fingerprint density at radius 3 is 2.56 bits per heavy atom. The SMILES string of the molecule is COC(=O)[C@H](C)Oc1cc(Cl)c(Br)cc1Cl. The number of ether oxygens (including phenoxy) is 2. The first-order valence-electron chi connectivity index (χ1n) is 4.34. The number of methoxy groups -OCH3 is 1. The number of hydrogen-bond donors (Lipinski definition) is 0. The number of carbonyl (C=O) groups excluding carboxylic acids is 1. The van der Waals surface area contributed by atoms with Crippen LogP contribution in [0.5, 0.6) is 5.75 Å². The van der Waals surface area contributed by atoms with Gasteiger partial charge in [0.2, 0.25) is 0 Å². The van der Waals surface area contributed by atoms with Crippen LogP contribution in [0, 0.1) is 0 Å². The Hall–Kier alpha value is -0.450. The van der Waals surface area contributed by atoms with Gasteiger partial charge in [0.25, 0.3) is 0 Å². The maximum Gasteiger partial charge on any atom is 0.346 e. The third-order valence-electron chi connectivity index (χ3n) is 1.81. The second-order valence-electron chi connectivity index (χ2n) is 2.98. The van der Waals surface area contributed by atoms with Gasteiger partial charge in [0.1, 0.15) is 5.75 Å². The van der Waals surface area contributed by atoms with Crippen molar-refractivity contribution in [3.05, 3.63) is 26.7 Å². The summed E-state index contributed by atoms with van der Waals surface area (Å²) in [5.74, 6) is -0.136. The van der Waals surface area contributed by atoms with E-state index in [9.17, 15) is 4.79 Å². The molecule has 88 valence electrons. The number of carbonyl (C=O) groups is 1. The van der Waals surface area contributed by atoms with Gasteiger partial charge in [-0.15, -0.1) is 0 Å². The summed E-state index contributed by atoms with van der Waals surface area (Å²) in [7, 11) is 1.29. The minimum Gasteiger partial charge on any atom is -0.477 e. The molecular formula is C10H9BrCl2O3. The molecule has 0 aromatic heterocycles. The van der Waals surface area contributed by atoms with Crippen molar-refractivity contribution in [2.24, 2.45) is 0 Å². The average Bonchev–Trinajstić information content (AvgIpc) is 2.24. The zero-order valence-electron chi connectivity index (χ0n) is 8.59. The summed E-state index contributed by atoms with van der Waals surface area (Å²) in [6, 6.07) is 3.14. The Balaban J connectivity index is 2.89. The molecule has 16 heavy (non-hydrogen) atoms. The van der Waals surface area contributed by atoms with E-state index in [1.807, 2.05) is 0 Å². The Morgan fingerprint density at radius 2 is 2.00 bits per heavy atom. The maximum absolute atomic E-state index is 11.1. The van der Waals surface area contributed by atoms with Crippen LogP contribution in [0.2, 0.25) is 10.0 Å². The second kappa shape index (κ2) is 5.75. The monoisotopic (exact) mass is 326 g/mol. The van der Waals surface area contributed by atoms with Gasteiger partial charge in [0, 0.05) is 10.5 Å². The summed E-state index contributed by atoms with van der Waals surface area (Å²) in [5.41, 5.74) is 0. The molecular weight excluding hydrogens is 319 g/mol. The zero-order chi connectivity index (χ0) is 12.3. The molecule has 0 heterocycles. The molecule has 0 fully saturated rings. The van der Waals surface area contributed by atoms with Crippen molar-refractivity contribution < 1.29 is 14.3 Å². The van der Waals surface area contributed by atoms with Gasteiger partial charge in [-0.05, 0) is 28.9 Å². The van der Waals surface area contributed by atoms with Crippen molar-refractivity contribution in [3.63, 3.8) is 0 Å². The molecule has 0 aliphatic carbocycles. The predicted octanol–water partition coefficient (Wildman–Crippen LogP) is 3.70. The van der Waals surface area contributed by atoms with Crippen molar-refractivity contribution >= 4 is 45.1 Å². The van der Waals surface area contributed by atoms with Crippen molar-refractivity contribution in [1.29, 1.82) is 0 Å². The Morgan fingerprint density at radius 1 is 1.38 bits per heavy atom. The van der Waals surface area contributed by atoms with E-state index < -0.39 is 12.1 Å². The number of hydrogen-bond acceptors (Lipinski definition) is 3. The van der Waals surface area contributed by atoms with Crippen LogP contribution in [0.1, 0.15) is 6.92 Å². The molecule has 0 bridgehead atoms. The van der Waals surface area contributed by atoms with Gasteiger partial charge in [-0.25, -0.2) is 4.79 Å². The highest BCUT2D eigenvalue weighted by atomic mass is 79.9. The highest BCUT2D eigenvalue weighted by molar-refractivity contribution is 9.10. The summed E-state index contributed by atoms with van der Waals surface area (Å²) in [4.78, 5) is 11.1. The van der Waals surface area contributed by atoms with Crippen LogP contribution in [0.15, 0.2) is 16.6 Å². The molecule has 0 aliphatic heterocycles. The van der Waals surface area contributed by atoms with Crippen molar-refractivity contribution in [2.75, 3.05) is 7.11 Å². The number of benzene rings is 1. The second-order valence-corrected chi connectivity index (χ2v) is 4.65. The number of rotatable bonds is 3. The van der Waals surface area contributed by atoms with Crippen LogP contribution in [0.4, 0.5) is 0 Å². The van der Waals surface area contributed by atoms with Crippen LogP contribution in [-0.4, -0.2) is 19.2 Å². The third kappa shape index (κ3) is 3.27. The van der Waals surface area contributed by atoms with Gasteiger partial charge in [0.05, 0.1) is 17.2 Å². The van der Waals surface area contributed by atoms with Gasteiger partial charge in [0.15, 0.2) is 6.10 Å².